The summed E-state index contributed by atoms with van der Waals surface area (Å²) in [4.78, 5) is 22.1. The molecule has 0 spiro atoms. The molecule has 0 bridgehead atoms. The summed E-state index contributed by atoms with van der Waals surface area (Å²) in [6.45, 7) is 1.20. The summed E-state index contributed by atoms with van der Waals surface area (Å²) in [7, 11) is -5.80. The second-order valence-corrected chi connectivity index (χ2v) is 15.5. The number of aromatic hydroxyl groups is 1. The first-order valence-electron chi connectivity index (χ1n) is 17.1. The van der Waals surface area contributed by atoms with Gasteiger partial charge in [0.05, 0.1) is 60.2 Å². The molecule has 21 nitrogen and oxygen atoms in total. The lowest BCUT2D eigenvalue weighted by molar-refractivity contribution is -0.114. The number of nitrogens with two attached hydrogens (primary N) is 1. The van der Waals surface area contributed by atoms with Gasteiger partial charge >= 0.3 is 5.97 Å². The van der Waals surface area contributed by atoms with Crippen molar-refractivity contribution in [2.24, 2.45) is 30.7 Å². The number of hydrogen-bond acceptors (Lipinski definition) is 17. The number of carbonyl (C=O) groups is 2. The van der Waals surface area contributed by atoms with Crippen LogP contribution in [0.1, 0.15) is 17.3 Å². The number of carbonyl (C=O) groups excluding carboxylic acids is 1. The van der Waals surface area contributed by atoms with Crippen molar-refractivity contribution in [1.29, 1.82) is 0 Å². The Hall–Kier alpha value is -7.60. The number of carboxylic acids is 1. The van der Waals surface area contributed by atoms with Crippen molar-refractivity contribution >= 4 is 99.2 Å². The van der Waals surface area contributed by atoms with Crippen LogP contribution in [0.25, 0.3) is 21.5 Å². The molecule has 0 saturated carbocycles. The lowest BCUT2D eigenvalue weighted by Gasteiger charge is -2.12. The van der Waals surface area contributed by atoms with Gasteiger partial charge in [0.1, 0.15) is 39.2 Å². The third-order valence-corrected chi connectivity index (χ3v) is 10.4. The Morgan fingerprint density at radius 3 is 1.89 bits per heavy atom. The topological polar surface area (TPSA) is 323 Å². The fourth-order valence-electron chi connectivity index (χ4n) is 5.91. The van der Waals surface area contributed by atoms with Crippen molar-refractivity contribution < 1.29 is 60.0 Å². The molecular weight excluding hydrogens is 841 g/mol. The summed E-state index contributed by atoms with van der Waals surface area (Å²) in [5, 5.41) is 48.7. The maximum absolute atomic E-state index is 12.6. The summed E-state index contributed by atoms with van der Waals surface area (Å²) in [6.07, 6.45) is 0. The van der Waals surface area contributed by atoms with Crippen molar-refractivity contribution in [3.63, 3.8) is 0 Å². The zero-order chi connectivity index (χ0) is 44.4. The molecule has 0 aliphatic heterocycles. The number of carboxylic acid groups (broad SMARTS) is 1. The predicted octanol–water partition coefficient (Wildman–Crippen LogP) is 8.70. The molecule has 0 unspecified atom stereocenters. The summed E-state index contributed by atoms with van der Waals surface area (Å²) < 4.78 is 85.9. The molecule has 0 aliphatic rings. The minimum absolute atomic E-state index is 0.00378. The molecule has 61 heavy (non-hydrogen) atoms. The standard InChI is InChI=1S/C38H32N8O13S2/c1-18(47)40-28-10-7-21(13-26(28)38(49)50)41-43-29-16-33(59-4)35(23-9-8-22(14-25(23)29)60(51,52)53)45-46-36-34(61(54,55)56)11-19-5-6-20(12-24(19)37(36)48)42-44-30-17-31(57-2)27(39)15-32(30)58-3/h5-17,48H,39H2,1-4H3,(H,40,47)(H,49,50)(H,51,52,53)(H,54,55,56). The second-order valence-electron chi connectivity index (χ2n) is 12.7. The van der Waals surface area contributed by atoms with E-state index < -0.39 is 53.3 Å². The zero-order valence-corrected chi connectivity index (χ0v) is 33.7. The number of phenols is 1. The lowest BCUT2D eigenvalue weighted by atomic mass is 10.1. The van der Waals surface area contributed by atoms with Crippen molar-refractivity contribution in [1.82, 2.24) is 0 Å². The first-order chi connectivity index (χ1) is 28.8. The number of nitrogen functional groups attached to an aromatic ring is 1. The van der Waals surface area contributed by atoms with E-state index in [9.17, 15) is 45.7 Å². The molecule has 7 N–H and O–H groups in total. The molecule has 1 amide bonds. The molecule has 0 heterocycles. The number of ether oxygens (including phenoxy) is 3. The molecule has 23 heteroatoms. The van der Waals surface area contributed by atoms with Crippen LogP contribution in [0.15, 0.2) is 119 Å². The van der Waals surface area contributed by atoms with Gasteiger partial charge in [-0.05, 0) is 53.9 Å². The quantitative estimate of drug-likeness (QED) is 0.0359. The van der Waals surface area contributed by atoms with Gasteiger partial charge in [-0.3, -0.25) is 13.9 Å². The van der Waals surface area contributed by atoms with E-state index in [0.717, 1.165) is 24.3 Å². The van der Waals surface area contributed by atoms with Gasteiger partial charge in [-0.15, -0.1) is 20.5 Å². The minimum atomic E-state index is -5.07. The molecule has 6 aromatic rings. The SMILES string of the molecule is COc1cc(N=Nc2ccc3cc(S(=O)(=O)O)c(N=Nc4c(OC)cc(N=Nc5ccc(NC(C)=O)c(C(=O)O)c5)c5cc(S(=O)(=O)O)ccc45)c(O)c3c2)c(OC)cc1N. The fourth-order valence-corrected chi connectivity index (χ4v) is 7.07. The first kappa shape index (κ1) is 43.0. The van der Waals surface area contributed by atoms with E-state index in [1.54, 1.807) is 0 Å². The molecule has 0 saturated heterocycles. The Bertz CT molecular complexity index is 3120. The van der Waals surface area contributed by atoms with Gasteiger partial charge in [0.2, 0.25) is 5.91 Å². The monoisotopic (exact) mass is 872 g/mol. The normalized spacial score (nSPS) is 12.2. The number of phenolic OH excluding ortho intramolecular Hbond substituents is 1. The number of hydrogen-bond donors (Lipinski definition) is 6. The number of amides is 1. The largest absolute Gasteiger partial charge is 0.505 e. The van der Waals surface area contributed by atoms with Crippen LogP contribution in [-0.2, 0) is 25.0 Å². The number of nitrogens with zero attached hydrogens (tertiary/aromatic N) is 6. The van der Waals surface area contributed by atoms with E-state index in [2.05, 4.69) is 36.0 Å². The van der Waals surface area contributed by atoms with Crippen LogP contribution < -0.4 is 25.3 Å². The highest BCUT2D eigenvalue weighted by molar-refractivity contribution is 7.86. The maximum Gasteiger partial charge on any atom is 0.337 e. The summed E-state index contributed by atoms with van der Waals surface area (Å²) >= 11 is 0. The number of rotatable bonds is 13. The number of azo groups is 3. The summed E-state index contributed by atoms with van der Waals surface area (Å²) in [5.41, 5.74) is 5.42. The Balaban J connectivity index is 1.49. The minimum Gasteiger partial charge on any atom is -0.505 e. The second kappa shape index (κ2) is 16.9. The lowest BCUT2D eigenvalue weighted by Crippen LogP contribution is -2.10. The summed E-state index contributed by atoms with van der Waals surface area (Å²) in [5.74, 6) is -2.14. The number of benzene rings is 6. The van der Waals surface area contributed by atoms with Crippen molar-refractivity contribution in [3.05, 3.63) is 84.4 Å². The van der Waals surface area contributed by atoms with Crippen LogP contribution in [0.2, 0.25) is 0 Å². The molecule has 0 aliphatic carbocycles. The smallest absolute Gasteiger partial charge is 0.337 e. The summed E-state index contributed by atoms with van der Waals surface area (Å²) in [6, 6.07) is 16.6. The Morgan fingerprint density at radius 2 is 1.26 bits per heavy atom. The fraction of sp³-hybridized carbons (Fsp3) is 0.105. The van der Waals surface area contributed by atoms with Gasteiger partial charge in [-0.25, -0.2) is 4.79 Å². The predicted molar refractivity (Wildman–Crippen MR) is 220 cm³/mol. The van der Waals surface area contributed by atoms with Crippen LogP contribution in [0.3, 0.4) is 0 Å². The number of fused-ring (bicyclic) bond motifs is 2. The molecule has 0 atom stereocenters. The Kier molecular flexibility index (Phi) is 11.9. The van der Waals surface area contributed by atoms with Gasteiger partial charge in [-0.1, -0.05) is 12.1 Å². The van der Waals surface area contributed by atoms with Crippen LogP contribution in [0.4, 0.5) is 45.5 Å². The van der Waals surface area contributed by atoms with E-state index >= 15 is 0 Å². The van der Waals surface area contributed by atoms with Crippen molar-refractivity contribution in [2.45, 2.75) is 16.7 Å². The molecule has 314 valence electrons. The van der Waals surface area contributed by atoms with E-state index in [0.29, 0.717) is 11.4 Å². The average molecular weight is 873 g/mol. The molecule has 6 rings (SSSR count). The van der Waals surface area contributed by atoms with E-state index in [-0.39, 0.29) is 72.7 Å². The van der Waals surface area contributed by atoms with Gasteiger partial charge in [-0.2, -0.15) is 27.1 Å². The van der Waals surface area contributed by atoms with Crippen LogP contribution in [-0.4, -0.2) is 69.4 Å². The van der Waals surface area contributed by atoms with Crippen LogP contribution >= 0.6 is 0 Å². The molecule has 0 aromatic heterocycles. The van der Waals surface area contributed by atoms with Gasteiger partial charge in [0.15, 0.2) is 5.75 Å². The third-order valence-electron chi connectivity index (χ3n) is 8.73. The van der Waals surface area contributed by atoms with E-state index in [4.69, 9.17) is 19.9 Å². The highest BCUT2D eigenvalue weighted by Gasteiger charge is 2.24. The van der Waals surface area contributed by atoms with Crippen LogP contribution in [0.5, 0.6) is 23.0 Å². The Labute approximate surface area is 345 Å². The van der Waals surface area contributed by atoms with E-state index in [1.165, 1.54) is 82.9 Å². The van der Waals surface area contributed by atoms with E-state index in [1.807, 2.05) is 0 Å². The number of anilines is 2. The molecular formula is C38H32N8O13S2. The van der Waals surface area contributed by atoms with Crippen LogP contribution in [0, 0.1) is 0 Å². The number of aromatic carboxylic acids is 1. The number of methoxy groups -OCH3 is 3. The number of nitrogens with one attached hydrogen (secondary N) is 1. The Morgan fingerprint density at radius 1 is 0.639 bits per heavy atom. The highest BCUT2D eigenvalue weighted by Crippen LogP contribution is 2.47. The highest BCUT2D eigenvalue weighted by atomic mass is 32.2. The zero-order valence-electron chi connectivity index (χ0n) is 32.0. The molecule has 6 aromatic carbocycles. The average Bonchev–Trinajstić information content (AvgIpc) is 3.21. The van der Waals surface area contributed by atoms with Gasteiger partial charge < -0.3 is 35.5 Å². The third kappa shape index (κ3) is 9.18. The molecule has 0 fully saturated rings. The van der Waals surface area contributed by atoms with Gasteiger partial charge in [0.25, 0.3) is 20.2 Å². The molecule has 0 radical (unpaired) electrons. The van der Waals surface area contributed by atoms with Crippen molar-refractivity contribution in [2.75, 3.05) is 32.4 Å². The van der Waals surface area contributed by atoms with Gasteiger partial charge in [0, 0.05) is 41.3 Å². The first-order valence-corrected chi connectivity index (χ1v) is 20.0. The maximum atomic E-state index is 12.6. The van der Waals surface area contributed by atoms with Crippen molar-refractivity contribution in [3.8, 4) is 23.0 Å².